The molecule has 0 saturated carbocycles. The summed E-state index contributed by atoms with van der Waals surface area (Å²) in [6.45, 7) is 4.36. The Balaban J connectivity index is 2.07. The van der Waals surface area contributed by atoms with Crippen LogP contribution in [0.2, 0.25) is 0 Å². The van der Waals surface area contributed by atoms with E-state index in [0.29, 0.717) is 0 Å². The van der Waals surface area contributed by atoms with Gasteiger partial charge in [-0.1, -0.05) is 24.3 Å². The number of hydrogen-bond acceptors (Lipinski definition) is 1. The number of aromatic nitrogens is 2. The van der Waals surface area contributed by atoms with Gasteiger partial charge in [0.1, 0.15) is 0 Å². The van der Waals surface area contributed by atoms with Crippen LogP contribution in [0.5, 0.6) is 0 Å². The third-order valence-electron chi connectivity index (χ3n) is 4.98. The minimum atomic E-state index is 1.07. The number of aromatic amines is 1. The molecule has 0 aliphatic rings. The third-order valence-corrected chi connectivity index (χ3v) is 4.98. The second kappa shape index (κ2) is 4.32. The zero-order valence-electron chi connectivity index (χ0n) is 13.1. The summed E-state index contributed by atoms with van der Waals surface area (Å²) in [7, 11) is 0. The molecule has 0 saturated heterocycles. The predicted octanol–water partition coefficient (Wildman–Crippen LogP) is 5.64. The van der Waals surface area contributed by atoms with Crippen molar-refractivity contribution in [1.29, 1.82) is 0 Å². The summed E-state index contributed by atoms with van der Waals surface area (Å²) in [4.78, 5) is 8.37. The molecule has 2 aromatic heterocycles. The van der Waals surface area contributed by atoms with Gasteiger partial charge in [0.15, 0.2) is 0 Å². The van der Waals surface area contributed by atoms with Crippen LogP contribution in [-0.4, -0.2) is 9.97 Å². The van der Waals surface area contributed by atoms with Crippen LogP contribution in [0, 0.1) is 13.8 Å². The number of para-hydroxylation sites is 1. The second-order valence-corrected chi connectivity index (χ2v) is 6.29. The molecule has 0 fully saturated rings. The summed E-state index contributed by atoms with van der Waals surface area (Å²) in [5.74, 6) is 0. The Bertz CT molecular complexity index is 1230. The Labute approximate surface area is 133 Å². The maximum absolute atomic E-state index is 4.77. The fourth-order valence-electron chi connectivity index (χ4n) is 3.58. The van der Waals surface area contributed by atoms with Crippen molar-refractivity contribution < 1.29 is 0 Å². The quantitative estimate of drug-likeness (QED) is 0.368. The summed E-state index contributed by atoms with van der Waals surface area (Å²) < 4.78 is 0. The van der Waals surface area contributed by atoms with Gasteiger partial charge in [0, 0.05) is 32.6 Å². The Kier molecular flexibility index (Phi) is 2.38. The molecule has 0 bridgehead atoms. The van der Waals surface area contributed by atoms with Crippen LogP contribution in [0.15, 0.2) is 54.6 Å². The van der Waals surface area contributed by atoms with Gasteiger partial charge in [-0.25, -0.2) is 4.98 Å². The van der Waals surface area contributed by atoms with Crippen molar-refractivity contribution in [3.8, 4) is 0 Å². The lowest BCUT2D eigenvalue weighted by Gasteiger charge is -2.09. The van der Waals surface area contributed by atoms with E-state index in [-0.39, 0.29) is 0 Å². The molecule has 2 nitrogen and oxygen atoms in total. The lowest BCUT2D eigenvalue weighted by molar-refractivity contribution is 1.36. The molecular weight excluding hydrogens is 280 g/mol. The SMILES string of the molecule is Cc1ccc2[nH]c3ccc4nc5ccccc5c4c3cc2c1C. The number of nitrogens with zero attached hydrogens (tertiary/aromatic N) is 1. The van der Waals surface area contributed by atoms with Gasteiger partial charge >= 0.3 is 0 Å². The molecule has 0 amide bonds. The topological polar surface area (TPSA) is 28.7 Å². The van der Waals surface area contributed by atoms with Crippen molar-refractivity contribution in [3.05, 3.63) is 65.7 Å². The van der Waals surface area contributed by atoms with E-state index in [1.165, 1.54) is 38.2 Å². The number of pyridine rings is 1. The van der Waals surface area contributed by atoms with Gasteiger partial charge in [0.05, 0.1) is 11.0 Å². The zero-order chi connectivity index (χ0) is 15.6. The van der Waals surface area contributed by atoms with Crippen molar-refractivity contribution in [2.45, 2.75) is 13.8 Å². The average Bonchev–Trinajstić information content (AvgIpc) is 2.96. The molecule has 2 heterocycles. The minimum absolute atomic E-state index is 1.07. The highest BCUT2D eigenvalue weighted by Crippen LogP contribution is 2.34. The van der Waals surface area contributed by atoms with E-state index in [1.807, 2.05) is 6.07 Å². The van der Waals surface area contributed by atoms with Gasteiger partial charge in [-0.05, 0) is 55.3 Å². The van der Waals surface area contributed by atoms with Gasteiger partial charge in [0.2, 0.25) is 0 Å². The lowest BCUT2D eigenvalue weighted by atomic mass is 10.0. The molecule has 0 atom stereocenters. The van der Waals surface area contributed by atoms with Crippen LogP contribution in [0.3, 0.4) is 0 Å². The maximum Gasteiger partial charge on any atom is 0.0723 e. The average molecular weight is 296 g/mol. The van der Waals surface area contributed by atoms with E-state index in [9.17, 15) is 0 Å². The van der Waals surface area contributed by atoms with E-state index in [1.54, 1.807) is 0 Å². The highest BCUT2D eigenvalue weighted by atomic mass is 14.7. The zero-order valence-corrected chi connectivity index (χ0v) is 13.1. The summed E-state index contributed by atoms with van der Waals surface area (Å²) in [6, 6.07) is 19.3. The monoisotopic (exact) mass is 296 g/mol. The summed E-state index contributed by atoms with van der Waals surface area (Å²) in [6.07, 6.45) is 0. The highest BCUT2D eigenvalue weighted by Gasteiger charge is 2.11. The van der Waals surface area contributed by atoms with E-state index in [0.717, 1.165) is 16.6 Å². The van der Waals surface area contributed by atoms with E-state index in [2.05, 4.69) is 67.4 Å². The minimum Gasteiger partial charge on any atom is -0.355 e. The molecule has 23 heavy (non-hydrogen) atoms. The Morgan fingerprint density at radius 2 is 1.52 bits per heavy atom. The molecule has 110 valence electrons. The molecule has 0 radical (unpaired) electrons. The van der Waals surface area contributed by atoms with Gasteiger partial charge in [0.25, 0.3) is 0 Å². The molecular formula is C21H16N2. The fraction of sp³-hybridized carbons (Fsp3) is 0.0952. The maximum atomic E-state index is 4.77. The van der Waals surface area contributed by atoms with Crippen molar-refractivity contribution in [1.82, 2.24) is 9.97 Å². The van der Waals surface area contributed by atoms with Crippen LogP contribution in [0.25, 0.3) is 43.6 Å². The van der Waals surface area contributed by atoms with E-state index in [4.69, 9.17) is 4.98 Å². The van der Waals surface area contributed by atoms with Gasteiger partial charge < -0.3 is 4.98 Å². The van der Waals surface area contributed by atoms with Gasteiger partial charge in [-0.15, -0.1) is 0 Å². The molecule has 2 heteroatoms. The molecule has 0 spiro atoms. The smallest absolute Gasteiger partial charge is 0.0723 e. The highest BCUT2D eigenvalue weighted by molar-refractivity contribution is 6.20. The number of H-pyrrole nitrogens is 1. The number of hydrogen-bond donors (Lipinski definition) is 1. The molecule has 0 aliphatic heterocycles. The first kappa shape index (κ1) is 12.7. The summed E-state index contributed by atoms with van der Waals surface area (Å²) in [5, 5.41) is 5.01. The molecule has 0 aliphatic carbocycles. The summed E-state index contributed by atoms with van der Waals surface area (Å²) in [5.41, 5.74) is 7.13. The first-order valence-corrected chi connectivity index (χ1v) is 7.92. The Hall–Kier alpha value is -2.87. The molecule has 3 aromatic carbocycles. The van der Waals surface area contributed by atoms with Gasteiger partial charge in [-0.3, -0.25) is 0 Å². The number of fused-ring (bicyclic) bond motifs is 6. The lowest BCUT2D eigenvalue weighted by Crippen LogP contribution is -1.88. The van der Waals surface area contributed by atoms with Crippen LogP contribution >= 0.6 is 0 Å². The number of aryl methyl sites for hydroxylation is 2. The van der Waals surface area contributed by atoms with Crippen molar-refractivity contribution in [2.24, 2.45) is 0 Å². The van der Waals surface area contributed by atoms with Crippen LogP contribution in [0.1, 0.15) is 11.1 Å². The molecule has 0 unspecified atom stereocenters. The Morgan fingerprint density at radius 1 is 0.739 bits per heavy atom. The fourth-order valence-corrected chi connectivity index (χ4v) is 3.58. The van der Waals surface area contributed by atoms with Gasteiger partial charge in [-0.2, -0.15) is 0 Å². The first-order chi connectivity index (χ1) is 11.2. The molecule has 5 aromatic rings. The van der Waals surface area contributed by atoms with Crippen molar-refractivity contribution >= 4 is 43.6 Å². The predicted molar refractivity (Wildman–Crippen MR) is 98.1 cm³/mol. The standard InChI is InChI=1S/C21H16N2/c1-12-7-8-18-15(13(12)2)11-16-19(22-18)9-10-20-21(16)14-5-3-4-6-17(14)23-20/h3-11,22H,1-2H3. The third kappa shape index (κ3) is 1.66. The normalized spacial score (nSPS) is 11.9. The van der Waals surface area contributed by atoms with E-state index >= 15 is 0 Å². The second-order valence-electron chi connectivity index (χ2n) is 6.29. The molecule has 5 rings (SSSR count). The number of benzene rings is 3. The Morgan fingerprint density at radius 3 is 2.43 bits per heavy atom. The first-order valence-electron chi connectivity index (χ1n) is 7.92. The largest absolute Gasteiger partial charge is 0.355 e. The van der Waals surface area contributed by atoms with Crippen LogP contribution in [-0.2, 0) is 0 Å². The van der Waals surface area contributed by atoms with Crippen molar-refractivity contribution in [2.75, 3.05) is 0 Å². The van der Waals surface area contributed by atoms with Crippen molar-refractivity contribution in [3.63, 3.8) is 0 Å². The van der Waals surface area contributed by atoms with E-state index < -0.39 is 0 Å². The molecule has 1 N–H and O–H groups in total. The summed E-state index contributed by atoms with van der Waals surface area (Å²) >= 11 is 0. The number of nitrogens with one attached hydrogen (secondary N) is 1. The van der Waals surface area contributed by atoms with Crippen LogP contribution in [0.4, 0.5) is 0 Å². The number of rotatable bonds is 0. The van der Waals surface area contributed by atoms with Crippen LogP contribution < -0.4 is 0 Å².